The van der Waals surface area contributed by atoms with Gasteiger partial charge in [-0.3, -0.25) is 9.59 Å². The highest BCUT2D eigenvalue weighted by atomic mass is 32.2. The van der Waals surface area contributed by atoms with E-state index in [1.165, 1.54) is 23.9 Å². The fourth-order valence-electron chi connectivity index (χ4n) is 2.72. The number of carbonyl (C=O) groups excluding carboxylic acids is 2. The Hall–Kier alpha value is -2.41. The van der Waals surface area contributed by atoms with Crippen LogP contribution in [0.25, 0.3) is 0 Å². The van der Waals surface area contributed by atoms with Gasteiger partial charge in [-0.15, -0.1) is 0 Å². The van der Waals surface area contributed by atoms with Crippen molar-refractivity contribution in [2.24, 2.45) is 0 Å². The standard InChI is InChI=1S/C19H20FN3O2S/c1-13(18(24)22-16-6-4-5-15(20)11-16)26-17-8-7-14(12-21-17)19(25)23-9-2-3-10-23/h4-8,11-13H,2-3,9-10H2,1H3,(H,22,24). The van der Waals surface area contributed by atoms with Gasteiger partial charge in [0.2, 0.25) is 5.91 Å². The normalized spacial score (nSPS) is 14.9. The summed E-state index contributed by atoms with van der Waals surface area (Å²) in [5.41, 5.74) is 0.982. The van der Waals surface area contributed by atoms with E-state index in [1.807, 2.05) is 4.90 Å². The van der Waals surface area contributed by atoms with E-state index in [9.17, 15) is 14.0 Å². The second kappa shape index (κ2) is 8.31. The van der Waals surface area contributed by atoms with Crippen LogP contribution in [0.15, 0.2) is 47.6 Å². The van der Waals surface area contributed by atoms with Gasteiger partial charge >= 0.3 is 0 Å². The molecule has 0 spiro atoms. The van der Waals surface area contributed by atoms with Crippen molar-refractivity contribution in [1.82, 2.24) is 9.88 Å². The molecule has 1 unspecified atom stereocenters. The number of nitrogens with zero attached hydrogens (tertiary/aromatic N) is 2. The first-order valence-electron chi connectivity index (χ1n) is 8.51. The van der Waals surface area contributed by atoms with Crippen LogP contribution < -0.4 is 5.32 Å². The largest absolute Gasteiger partial charge is 0.339 e. The van der Waals surface area contributed by atoms with E-state index in [2.05, 4.69) is 10.3 Å². The van der Waals surface area contributed by atoms with Crippen molar-refractivity contribution in [3.63, 3.8) is 0 Å². The number of hydrogen-bond acceptors (Lipinski definition) is 4. The highest BCUT2D eigenvalue weighted by Gasteiger charge is 2.20. The third-order valence-electron chi connectivity index (χ3n) is 4.14. The number of pyridine rings is 1. The molecule has 2 heterocycles. The monoisotopic (exact) mass is 373 g/mol. The van der Waals surface area contributed by atoms with Gasteiger partial charge < -0.3 is 10.2 Å². The second-order valence-electron chi connectivity index (χ2n) is 6.14. The first kappa shape index (κ1) is 18.4. The lowest BCUT2D eigenvalue weighted by molar-refractivity contribution is -0.115. The van der Waals surface area contributed by atoms with E-state index >= 15 is 0 Å². The predicted molar refractivity (Wildman–Crippen MR) is 99.7 cm³/mol. The lowest BCUT2D eigenvalue weighted by atomic mass is 10.2. The summed E-state index contributed by atoms with van der Waals surface area (Å²) in [6, 6.07) is 9.26. The van der Waals surface area contributed by atoms with Gasteiger partial charge in [0.15, 0.2) is 0 Å². The molecule has 5 nitrogen and oxygen atoms in total. The molecule has 1 aliphatic rings. The molecule has 0 aliphatic carbocycles. The van der Waals surface area contributed by atoms with Gasteiger partial charge in [0, 0.05) is 25.0 Å². The summed E-state index contributed by atoms with van der Waals surface area (Å²) < 4.78 is 13.2. The molecule has 1 aliphatic heterocycles. The Kier molecular flexibility index (Phi) is 5.88. The zero-order valence-corrected chi connectivity index (χ0v) is 15.3. The van der Waals surface area contributed by atoms with Gasteiger partial charge in [0.25, 0.3) is 5.91 Å². The smallest absolute Gasteiger partial charge is 0.255 e. The van der Waals surface area contributed by atoms with Crippen LogP contribution in [-0.2, 0) is 4.79 Å². The Morgan fingerprint density at radius 1 is 1.23 bits per heavy atom. The highest BCUT2D eigenvalue weighted by molar-refractivity contribution is 8.00. The van der Waals surface area contributed by atoms with E-state index in [1.54, 1.807) is 37.4 Å². The molecule has 0 radical (unpaired) electrons. The molecule has 26 heavy (non-hydrogen) atoms. The van der Waals surface area contributed by atoms with Crippen molar-refractivity contribution in [3.05, 3.63) is 54.0 Å². The number of aromatic nitrogens is 1. The maximum absolute atomic E-state index is 13.2. The van der Waals surface area contributed by atoms with Crippen molar-refractivity contribution in [2.45, 2.75) is 30.0 Å². The number of carbonyl (C=O) groups is 2. The molecule has 1 N–H and O–H groups in total. The maximum Gasteiger partial charge on any atom is 0.255 e. The molecule has 7 heteroatoms. The average molecular weight is 373 g/mol. The Bertz CT molecular complexity index is 792. The minimum Gasteiger partial charge on any atom is -0.339 e. The number of amides is 2. The summed E-state index contributed by atoms with van der Waals surface area (Å²) >= 11 is 1.29. The molecule has 136 valence electrons. The van der Waals surface area contributed by atoms with Crippen LogP contribution in [0, 0.1) is 5.82 Å². The predicted octanol–water partition coefficient (Wildman–Crippen LogP) is 3.58. The van der Waals surface area contributed by atoms with Crippen LogP contribution >= 0.6 is 11.8 Å². The molecule has 2 aromatic rings. The van der Waals surface area contributed by atoms with Crippen molar-refractivity contribution in [1.29, 1.82) is 0 Å². The number of rotatable bonds is 5. The van der Waals surface area contributed by atoms with Gasteiger partial charge in [-0.1, -0.05) is 17.8 Å². The minimum atomic E-state index is -0.411. The summed E-state index contributed by atoms with van der Waals surface area (Å²) in [4.78, 5) is 30.7. The summed E-state index contributed by atoms with van der Waals surface area (Å²) in [5.74, 6) is -0.633. The Morgan fingerprint density at radius 3 is 2.65 bits per heavy atom. The first-order valence-corrected chi connectivity index (χ1v) is 9.39. The van der Waals surface area contributed by atoms with Crippen LogP contribution in [0.4, 0.5) is 10.1 Å². The molecule has 1 fully saturated rings. The van der Waals surface area contributed by atoms with Crippen molar-refractivity contribution in [3.8, 4) is 0 Å². The summed E-state index contributed by atoms with van der Waals surface area (Å²) in [7, 11) is 0. The van der Waals surface area contributed by atoms with Crippen LogP contribution in [0.3, 0.4) is 0 Å². The van der Waals surface area contributed by atoms with E-state index in [-0.39, 0.29) is 11.8 Å². The van der Waals surface area contributed by atoms with Crippen molar-refractivity contribution < 1.29 is 14.0 Å². The van der Waals surface area contributed by atoms with Crippen molar-refractivity contribution >= 4 is 29.3 Å². The lowest BCUT2D eigenvalue weighted by Gasteiger charge is -2.15. The second-order valence-corrected chi connectivity index (χ2v) is 7.51. The maximum atomic E-state index is 13.2. The average Bonchev–Trinajstić information content (AvgIpc) is 3.16. The summed E-state index contributed by atoms with van der Waals surface area (Å²) in [5, 5.41) is 2.93. The summed E-state index contributed by atoms with van der Waals surface area (Å²) in [6.07, 6.45) is 3.65. The molecule has 1 aromatic heterocycles. The molecular formula is C19H20FN3O2S. The molecular weight excluding hydrogens is 353 g/mol. The first-order chi connectivity index (χ1) is 12.5. The Balaban J connectivity index is 1.57. The van der Waals surface area contributed by atoms with Gasteiger partial charge in [-0.25, -0.2) is 9.37 Å². The molecule has 0 bridgehead atoms. The van der Waals surface area contributed by atoms with E-state index in [0.717, 1.165) is 25.9 Å². The van der Waals surface area contributed by atoms with Gasteiger partial charge in [0.05, 0.1) is 15.8 Å². The van der Waals surface area contributed by atoms with Gasteiger partial charge in [-0.05, 0) is 50.1 Å². The third-order valence-corrected chi connectivity index (χ3v) is 5.19. The van der Waals surface area contributed by atoms with E-state index < -0.39 is 11.1 Å². The van der Waals surface area contributed by atoms with E-state index in [0.29, 0.717) is 16.3 Å². The SMILES string of the molecule is CC(Sc1ccc(C(=O)N2CCCC2)cn1)C(=O)Nc1cccc(F)c1. The number of nitrogens with one attached hydrogen (secondary N) is 1. The highest BCUT2D eigenvalue weighted by Crippen LogP contribution is 2.23. The molecule has 1 saturated heterocycles. The topological polar surface area (TPSA) is 62.3 Å². The molecule has 2 amide bonds. The number of anilines is 1. The van der Waals surface area contributed by atoms with Crippen LogP contribution in [0.5, 0.6) is 0 Å². The quantitative estimate of drug-likeness (QED) is 0.814. The van der Waals surface area contributed by atoms with Crippen LogP contribution in [-0.4, -0.2) is 40.0 Å². The number of halogens is 1. The van der Waals surface area contributed by atoms with Crippen LogP contribution in [0.2, 0.25) is 0 Å². The molecule has 0 saturated carbocycles. The number of likely N-dealkylation sites (tertiary alicyclic amines) is 1. The molecule has 1 aromatic carbocycles. The zero-order valence-electron chi connectivity index (χ0n) is 14.4. The van der Waals surface area contributed by atoms with Crippen molar-refractivity contribution in [2.75, 3.05) is 18.4 Å². The van der Waals surface area contributed by atoms with Gasteiger partial charge in [0.1, 0.15) is 5.82 Å². The number of hydrogen-bond donors (Lipinski definition) is 1. The lowest BCUT2D eigenvalue weighted by Crippen LogP contribution is -2.27. The fraction of sp³-hybridized carbons (Fsp3) is 0.316. The summed E-state index contributed by atoms with van der Waals surface area (Å²) in [6.45, 7) is 3.35. The number of thioether (sulfide) groups is 1. The van der Waals surface area contributed by atoms with Gasteiger partial charge in [-0.2, -0.15) is 0 Å². The zero-order chi connectivity index (χ0) is 18.5. The molecule has 1 atom stereocenters. The van der Waals surface area contributed by atoms with Crippen LogP contribution in [0.1, 0.15) is 30.1 Å². The molecule has 3 rings (SSSR count). The Labute approximate surface area is 156 Å². The minimum absolute atomic E-state index is 0.00319. The van der Waals surface area contributed by atoms with E-state index in [4.69, 9.17) is 0 Å². The fourth-order valence-corrected chi connectivity index (χ4v) is 3.51. The number of benzene rings is 1. The third kappa shape index (κ3) is 4.60. The Morgan fingerprint density at radius 2 is 2.00 bits per heavy atom.